The van der Waals surface area contributed by atoms with E-state index in [1.54, 1.807) is 24.3 Å². The number of nitrogens with one attached hydrogen (secondary N) is 1. The molecule has 3 aliphatic rings. The number of carbonyl (C=O) groups excluding carboxylic acids is 4. The Morgan fingerprint density at radius 2 is 1.69 bits per heavy atom. The number of fused-ring (bicyclic) bond motifs is 5. The van der Waals surface area contributed by atoms with Gasteiger partial charge in [-0.1, -0.05) is 48.6 Å². The van der Waals surface area contributed by atoms with Crippen molar-refractivity contribution in [3.05, 3.63) is 72.3 Å². The summed E-state index contributed by atoms with van der Waals surface area (Å²) in [5.74, 6) is -2.16. The van der Waals surface area contributed by atoms with Crippen molar-refractivity contribution in [1.82, 2.24) is 4.90 Å². The van der Waals surface area contributed by atoms with Crippen LogP contribution in [0, 0.1) is 23.7 Å². The Morgan fingerprint density at radius 1 is 1.00 bits per heavy atom. The van der Waals surface area contributed by atoms with E-state index < -0.39 is 36.4 Å². The first-order chi connectivity index (χ1) is 17.0. The van der Waals surface area contributed by atoms with E-state index >= 15 is 0 Å². The number of benzene rings is 2. The summed E-state index contributed by atoms with van der Waals surface area (Å²) in [6.45, 7) is -0.544. The molecule has 2 bridgehead atoms. The maximum absolute atomic E-state index is 13.3. The van der Waals surface area contributed by atoms with Crippen LogP contribution in [0.2, 0.25) is 0 Å². The van der Waals surface area contributed by atoms with Crippen molar-refractivity contribution in [2.75, 3.05) is 19.0 Å². The molecule has 1 saturated carbocycles. The van der Waals surface area contributed by atoms with Gasteiger partial charge < -0.3 is 14.8 Å². The second-order valence-electron chi connectivity index (χ2n) is 9.14. The number of allylic oxidation sites excluding steroid dienone is 2. The van der Waals surface area contributed by atoms with E-state index in [1.807, 2.05) is 42.5 Å². The fraction of sp³-hybridized carbons (Fsp3) is 0.333. The van der Waals surface area contributed by atoms with E-state index in [0.717, 1.165) is 16.9 Å². The van der Waals surface area contributed by atoms with Gasteiger partial charge in [-0.3, -0.25) is 19.3 Å². The Balaban J connectivity index is 1.31. The van der Waals surface area contributed by atoms with Gasteiger partial charge in [0, 0.05) is 18.2 Å². The number of imide groups is 1. The van der Waals surface area contributed by atoms with Crippen LogP contribution in [-0.2, 0) is 30.3 Å². The number of hydrogen-bond donors (Lipinski definition) is 1. The molecule has 1 saturated heterocycles. The van der Waals surface area contributed by atoms with Gasteiger partial charge >= 0.3 is 5.97 Å². The zero-order valence-electron chi connectivity index (χ0n) is 19.3. The minimum absolute atomic E-state index is 0.0356. The van der Waals surface area contributed by atoms with Gasteiger partial charge in [0.05, 0.1) is 18.9 Å². The molecule has 0 radical (unpaired) electrons. The number of esters is 1. The number of anilines is 1. The maximum Gasteiger partial charge on any atom is 0.330 e. The van der Waals surface area contributed by atoms with Crippen LogP contribution in [0.4, 0.5) is 5.69 Å². The minimum Gasteiger partial charge on any atom is -0.497 e. The fourth-order valence-electron chi connectivity index (χ4n) is 5.48. The molecule has 1 aliphatic heterocycles. The summed E-state index contributed by atoms with van der Waals surface area (Å²) in [7, 11) is 1.52. The summed E-state index contributed by atoms with van der Waals surface area (Å²) in [4.78, 5) is 53.4. The normalized spacial score (nSPS) is 24.9. The van der Waals surface area contributed by atoms with Crippen LogP contribution in [-0.4, -0.2) is 48.3 Å². The lowest BCUT2D eigenvalue weighted by Gasteiger charge is -2.26. The molecule has 0 aromatic heterocycles. The van der Waals surface area contributed by atoms with Gasteiger partial charge in [-0.2, -0.15) is 0 Å². The average molecular weight is 475 g/mol. The molecule has 35 heavy (non-hydrogen) atoms. The van der Waals surface area contributed by atoms with Crippen molar-refractivity contribution in [3.8, 4) is 5.75 Å². The van der Waals surface area contributed by atoms with E-state index in [0.29, 0.717) is 11.4 Å². The van der Waals surface area contributed by atoms with Crippen LogP contribution in [0.1, 0.15) is 12.0 Å². The Morgan fingerprint density at radius 3 is 2.34 bits per heavy atom. The SMILES string of the molecule is COc1cccc(NC(=O)COC(=O)[C@H](Cc2ccccc2)N2C(=O)[C@@H]3[C@@H](C2=O)[C@H]2C=C[C@H]3C2)c1. The number of nitrogens with zero attached hydrogens (tertiary/aromatic N) is 1. The van der Waals surface area contributed by atoms with Crippen molar-refractivity contribution in [3.63, 3.8) is 0 Å². The summed E-state index contributed by atoms with van der Waals surface area (Å²) < 4.78 is 10.5. The predicted octanol–water partition coefficient (Wildman–Crippen LogP) is 2.60. The van der Waals surface area contributed by atoms with Crippen molar-refractivity contribution >= 4 is 29.4 Å². The number of methoxy groups -OCH3 is 1. The van der Waals surface area contributed by atoms with Crippen molar-refractivity contribution in [2.24, 2.45) is 23.7 Å². The molecular formula is C27H26N2O6. The number of hydrogen-bond acceptors (Lipinski definition) is 6. The molecule has 2 aromatic carbocycles. The molecule has 0 unspecified atom stereocenters. The highest BCUT2D eigenvalue weighted by Gasteiger charge is 2.61. The Kier molecular flexibility index (Phi) is 6.11. The zero-order chi connectivity index (χ0) is 24.5. The van der Waals surface area contributed by atoms with E-state index in [4.69, 9.17) is 9.47 Å². The number of ether oxygens (including phenoxy) is 2. The van der Waals surface area contributed by atoms with Crippen molar-refractivity contribution in [1.29, 1.82) is 0 Å². The third-order valence-corrected chi connectivity index (χ3v) is 7.06. The number of likely N-dealkylation sites (tertiary alicyclic amines) is 1. The summed E-state index contributed by atoms with van der Waals surface area (Å²) in [5.41, 5.74) is 1.28. The van der Waals surface area contributed by atoms with Crippen LogP contribution in [0.15, 0.2) is 66.7 Å². The molecule has 2 aliphatic carbocycles. The number of carbonyl (C=O) groups is 4. The highest BCUT2D eigenvalue weighted by molar-refractivity contribution is 6.09. The lowest BCUT2D eigenvalue weighted by Crippen LogP contribution is -2.48. The lowest BCUT2D eigenvalue weighted by molar-refractivity contribution is -0.160. The molecule has 8 nitrogen and oxygen atoms in total. The zero-order valence-corrected chi connectivity index (χ0v) is 19.3. The van der Waals surface area contributed by atoms with Gasteiger partial charge in [-0.15, -0.1) is 0 Å². The largest absolute Gasteiger partial charge is 0.497 e. The van der Waals surface area contributed by atoms with E-state index in [9.17, 15) is 19.2 Å². The van der Waals surface area contributed by atoms with E-state index in [2.05, 4.69) is 5.32 Å². The van der Waals surface area contributed by atoms with Crippen molar-refractivity contribution in [2.45, 2.75) is 18.9 Å². The van der Waals surface area contributed by atoms with Crippen LogP contribution in [0.25, 0.3) is 0 Å². The van der Waals surface area contributed by atoms with Crippen molar-refractivity contribution < 1.29 is 28.7 Å². The van der Waals surface area contributed by atoms with Crippen LogP contribution >= 0.6 is 0 Å². The van der Waals surface area contributed by atoms with Gasteiger partial charge in [0.1, 0.15) is 11.8 Å². The number of rotatable bonds is 8. The topological polar surface area (TPSA) is 102 Å². The van der Waals surface area contributed by atoms with Gasteiger partial charge in [-0.05, 0) is 36.0 Å². The summed E-state index contributed by atoms with van der Waals surface area (Å²) in [6.07, 6.45) is 4.94. The molecule has 8 heteroatoms. The Hall–Kier alpha value is -3.94. The predicted molar refractivity (Wildman–Crippen MR) is 126 cm³/mol. The molecule has 1 N–H and O–H groups in total. The molecule has 0 spiro atoms. The molecule has 2 aromatic rings. The number of amides is 3. The molecule has 2 fully saturated rings. The van der Waals surface area contributed by atoms with Gasteiger partial charge in [0.2, 0.25) is 11.8 Å². The Bertz CT molecular complexity index is 1160. The highest BCUT2D eigenvalue weighted by Crippen LogP contribution is 2.53. The second-order valence-corrected chi connectivity index (χ2v) is 9.14. The smallest absolute Gasteiger partial charge is 0.330 e. The minimum atomic E-state index is -1.13. The third kappa shape index (κ3) is 4.32. The first kappa shape index (κ1) is 22.8. The maximum atomic E-state index is 13.3. The Labute approximate surface area is 202 Å². The third-order valence-electron chi connectivity index (χ3n) is 7.06. The molecule has 1 heterocycles. The van der Waals surface area contributed by atoms with Crippen LogP contribution in [0.5, 0.6) is 5.75 Å². The summed E-state index contributed by atoms with van der Waals surface area (Å²) in [6, 6.07) is 14.8. The summed E-state index contributed by atoms with van der Waals surface area (Å²) in [5, 5.41) is 2.65. The van der Waals surface area contributed by atoms with E-state index in [1.165, 1.54) is 7.11 Å². The van der Waals surface area contributed by atoms with E-state index in [-0.39, 0.29) is 30.1 Å². The summed E-state index contributed by atoms with van der Waals surface area (Å²) >= 11 is 0. The standard InChI is InChI=1S/C27H26N2O6/c1-34-20-9-5-8-19(14-20)28-22(30)15-35-27(33)21(12-16-6-3-2-4-7-16)29-25(31)23-17-10-11-18(13-17)24(23)26(29)32/h2-11,14,17-18,21,23-24H,12-13,15H2,1H3,(H,28,30)/t17-,18-,21-,23-,24-/m0/s1. The monoisotopic (exact) mass is 474 g/mol. The molecule has 3 amide bonds. The first-order valence-corrected chi connectivity index (χ1v) is 11.7. The van der Waals surface area contributed by atoms with Gasteiger partial charge in [0.25, 0.3) is 5.91 Å². The molecule has 5 rings (SSSR count). The second kappa shape index (κ2) is 9.37. The van der Waals surface area contributed by atoms with Crippen LogP contribution < -0.4 is 10.1 Å². The average Bonchev–Trinajstić information content (AvgIpc) is 3.56. The molecule has 5 atom stereocenters. The molecular weight excluding hydrogens is 448 g/mol. The fourth-order valence-corrected chi connectivity index (χ4v) is 5.48. The van der Waals surface area contributed by atoms with Gasteiger partial charge in [0.15, 0.2) is 6.61 Å². The van der Waals surface area contributed by atoms with Gasteiger partial charge in [-0.25, -0.2) is 4.79 Å². The molecule has 180 valence electrons. The quantitative estimate of drug-likeness (QED) is 0.359. The lowest BCUT2D eigenvalue weighted by atomic mass is 9.85. The van der Waals surface area contributed by atoms with Crippen LogP contribution in [0.3, 0.4) is 0 Å². The highest BCUT2D eigenvalue weighted by atomic mass is 16.5. The first-order valence-electron chi connectivity index (χ1n) is 11.7.